The third kappa shape index (κ3) is 4.09. The average Bonchev–Trinajstić information content (AvgIpc) is 3.19. The van der Waals surface area contributed by atoms with E-state index in [1.54, 1.807) is 0 Å². The number of thiophene rings is 1. The Hall–Kier alpha value is -1.66. The molecule has 2 saturated heterocycles. The van der Waals surface area contributed by atoms with Crippen LogP contribution in [0.1, 0.15) is 49.8 Å². The third-order valence-corrected chi connectivity index (χ3v) is 8.35. The molecule has 0 spiro atoms. The molecule has 1 amide bonds. The molecule has 162 valence electrons. The molecular formula is C24H34N4OS. The van der Waals surface area contributed by atoms with Crippen molar-refractivity contribution in [1.29, 1.82) is 0 Å². The number of carbonyl (C=O) groups excluding carboxylic acids is 1. The highest BCUT2D eigenvalue weighted by Crippen LogP contribution is 2.33. The van der Waals surface area contributed by atoms with Gasteiger partial charge in [0.2, 0.25) is 5.91 Å². The van der Waals surface area contributed by atoms with Crippen molar-refractivity contribution in [2.45, 2.75) is 57.9 Å². The van der Waals surface area contributed by atoms with Crippen molar-refractivity contribution in [3.8, 4) is 0 Å². The van der Waals surface area contributed by atoms with Gasteiger partial charge in [0.25, 0.3) is 0 Å². The van der Waals surface area contributed by atoms with E-state index in [0.29, 0.717) is 5.91 Å². The number of anilines is 1. The molecule has 4 heterocycles. The number of fused-ring (bicyclic) bond motifs is 1. The van der Waals surface area contributed by atoms with Crippen molar-refractivity contribution in [2.75, 3.05) is 44.2 Å². The molecule has 3 fully saturated rings. The Labute approximate surface area is 184 Å². The Morgan fingerprint density at radius 3 is 2.63 bits per heavy atom. The lowest BCUT2D eigenvalue weighted by Gasteiger charge is -2.42. The third-order valence-electron chi connectivity index (χ3n) is 7.33. The van der Waals surface area contributed by atoms with E-state index in [1.807, 2.05) is 17.5 Å². The molecule has 5 rings (SSSR count). The quantitative estimate of drug-likeness (QED) is 0.734. The first-order valence-corrected chi connectivity index (χ1v) is 12.6. The lowest BCUT2D eigenvalue weighted by atomic mass is 9.93. The summed E-state index contributed by atoms with van der Waals surface area (Å²) < 4.78 is 1.30. The van der Waals surface area contributed by atoms with Crippen LogP contribution in [-0.2, 0) is 4.79 Å². The zero-order valence-electron chi connectivity index (χ0n) is 18.2. The second kappa shape index (κ2) is 8.83. The number of aromatic nitrogens is 1. The lowest BCUT2D eigenvalue weighted by molar-refractivity contribution is -0.138. The number of rotatable bonds is 3. The van der Waals surface area contributed by atoms with Gasteiger partial charge in [-0.1, -0.05) is 19.3 Å². The molecule has 5 nitrogen and oxygen atoms in total. The summed E-state index contributed by atoms with van der Waals surface area (Å²) in [4.78, 5) is 26.5. The highest BCUT2D eigenvalue weighted by molar-refractivity contribution is 7.19. The van der Waals surface area contributed by atoms with Crippen LogP contribution in [0.15, 0.2) is 18.3 Å². The predicted molar refractivity (Wildman–Crippen MR) is 124 cm³/mol. The second-order valence-electron chi connectivity index (χ2n) is 9.34. The molecule has 6 heteroatoms. The van der Waals surface area contributed by atoms with Crippen LogP contribution in [0.5, 0.6) is 0 Å². The van der Waals surface area contributed by atoms with E-state index < -0.39 is 0 Å². The van der Waals surface area contributed by atoms with Gasteiger partial charge in [-0.05, 0) is 44.7 Å². The number of nitrogens with zero attached hydrogens (tertiary/aromatic N) is 4. The van der Waals surface area contributed by atoms with Crippen molar-refractivity contribution < 1.29 is 4.79 Å². The van der Waals surface area contributed by atoms with Crippen LogP contribution in [0.4, 0.5) is 5.82 Å². The van der Waals surface area contributed by atoms with Crippen molar-refractivity contribution in [3.05, 3.63) is 23.2 Å². The van der Waals surface area contributed by atoms with Gasteiger partial charge < -0.3 is 9.80 Å². The molecule has 1 unspecified atom stereocenters. The summed E-state index contributed by atoms with van der Waals surface area (Å²) in [5.41, 5.74) is 0. The van der Waals surface area contributed by atoms with Crippen molar-refractivity contribution in [3.63, 3.8) is 0 Å². The van der Waals surface area contributed by atoms with Gasteiger partial charge in [-0.2, -0.15) is 0 Å². The highest BCUT2D eigenvalue weighted by Gasteiger charge is 2.33. The first kappa shape index (κ1) is 20.3. The fourth-order valence-electron chi connectivity index (χ4n) is 5.71. The molecule has 2 aliphatic heterocycles. The summed E-state index contributed by atoms with van der Waals surface area (Å²) in [7, 11) is 0. The topological polar surface area (TPSA) is 39.7 Å². The molecule has 1 atom stereocenters. The Kier molecular flexibility index (Phi) is 5.96. The van der Waals surface area contributed by atoms with Crippen LogP contribution >= 0.6 is 11.3 Å². The fourth-order valence-corrected chi connectivity index (χ4v) is 6.62. The maximum Gasteiger partial charge on any atom is 0.227 e. The molecule has 3 aliphatic rings. The first-order valence-electron chi connectivity index (χ1n) is 11.8. The van der Waals surface area contributed by atoms with Crippen LogP contribution in [0.3, 0.4) is 0 Å². The van der Waals surface area contributed by atoms with Gasteiger partial charge in [-0.15, -0.1) is 11.3 Å². The van der Waals surface area contributed by atoms with Crippen LogP contribution in [0, 0.1) is 12.8 Å². The monoisotopic (exact) mass is 426 g/mol. The maximum absolute atomic E-state index is 13.3. The number of pyridine rings is 1. The van der Waals surface area contributed by atoms with Gasteiger partial charge in [0.05, 0.1) is 5.92 Å². The minimum atomic E-state index is 0.108. The minimum absolute atomic E-state index is 0.108. The predicted octanol–water partition coefficient (Wildman–Crippen LogP) is 4.30. The normalized spacial score (nSPS) is 24.5. The molecule has 1 saturated carbocycles. The lowest BCUT2D eigenvalue weighted by Crippen LogP contribution is -2.54. The van der Waals surface area contributed by atoms with E-state index in [0.717, 1.165) is 64.0 Å². The number of hydrogen-bond acceptors (Lipinski definition) is 5. The van der Waals surface area contributed by atoms with Crippen molar-refractivity contribution in [2.24, 2.45) is 5.92 Å². The second-order valence-corrected chi connectivity index (χ2v) is 10.6. The standard InChI is InChI=1S/C24H34N4OS/c1-18-16-21-22(30-18)9-10-25-23(21)28-11-5-6-19(17-28)24(29)27-14-12-26(13-15-27)20-7-3-2-4-8-20/h9-10,16,19-20H,2-8,11-15,17H2,1H3. The van der Waals surface area contributed by atoms with Gasteiger partial charge >= 0.3 is 0 Å². The van der Waals surface area contributed by atoms with Crippen LogP contribution in [-0.4, -0.2) is 66.0 Å². The zero-order chi connectivity index (χ0) is 20.5. The van der Waals surface area contributed by atoms with Crippen LogP contribution < -0.4 is 4.90 Å². The molecule has 2 aromatic rings. The van der Waals surface area contributed by atoms with E-state index >= 15 is 0 Å². The smallest absolute Gasteiger partial charge is 0.227 e. The Morgan fingerprint density at radius 2 is 1.83 bits per heavy atom. The summed E-state index contributed by atoms with van der Waals surface area (Å²) >= 11 is 1.83. The van der Waals surface area contributed by atoms with Crippen LogP contribution in [0.2, 0.25) is 0 Å². The number of hydrogen-bond donors (Lipinski definition) is 0. The summed E-state index contributed by atoms with van der Waals surface area (Å²) in [6.07, 6.45) is 10.9. The Balaban J connectivity index is 1.22. The van der Waals surface area contributed by atoms with Gasteiger partial charge in [0.1, 0.15) is 5.82 Å². The van der Waals surface area contributed by atoms with E-state index in [-0.39, 0.29) is 5.92 Å². The Bertz CT molecular complexity index is 882. The molecule has 0 radical (unpaired) electrons. The molecular weight excluding hydrogens is 392 g/mol. The van der Waals surface area contributed by atoms with Gasteiger partial charge in [-0.3, -0.25) is 9.69 Å². The van der Waals surface area contributed by atoms with E-state index in [2.05, 4.69) is 33.8 Å². The number of piperazine rings is 1. The summed E-state index contributed by atoms with van der Waals surface area (Å²) in [6.45, 7) is 7.89. The minimum Gasteiger partial charge on any atom is -0.355 e. The van der Waals surface area contributed by atoms with Crippen molar-refractivity contribution in [1.82, 2.24) is 14.8 Å². The molecule has 30 heavy (non-hydrogen) atoms. The number of aryl methyl sites for hydroxylation is 1. The van der Waals surface area contributed by atoms with Gasteiger partial charge in [0.15, 0.2) is 0 Å². The molecule has 0 aromatic carbocycles. The van der Waals surface area contributed by atoms with Crippen LogP contribution in [0.25, 0.3) is 10.1 Å². The summed E-state index contributed by atoms with van der Waals surface area (Å²) in [5.74, 6) is 1.55. The summed E-state index contributed by atoms with van der Waals surface area (Å²) in [5, 5.41) is 1.24. The number of carbonyl (C=O) groups is 1. The van der Waals surface area contributed by atoms with E-state index in [4.69, 9.17) is 4.98 Å². The average molecular weight is 427 g/mol. The van der Waals surface area contributed by atoms with E-state index in [1.165, 1.54) is 47.1 Å². The molecule has 0 bridgehead atoms. The fraction of sp³-hybridized carbons (Fsp3) is 0.667. The molecule has 0 N–H and O–H groups in total. The number of piperidine rings is 1. The first-order chi connectivity index (χ1) is 14.7. The molecule has 1 aliphatic carbocycles. The Morgan fingerprint density at radius 1 is 1.03 bits per heavy atom. The SMILES string of the molecule is Cc1cc2c(N3CCCC(C(=O)N4CCN(C5CCCCC5)CC4)C3)nccc2s1. The number of amides is 1. The van der Waals surface area contributed by atoms with Gasteiger partial charge in [0, 0.05) is 66.5 Å². The maximum atomic E-state index is 13.3. The van der Waals surface area contributed by atoms with E-state index in [9.17, 15) is 4.79 Å². The largest absolute Gasteiger partial charge is 0.355 e. The zero-order valence-corrected chi connectivity index (χ0v) is 19.0. The molecule has 2 aromatic heterocycles. The van der Waals surface area contributed by atoms with Gasteiger partial charge in [-0.25, -0.2) is 4.98 Å². The van der Waals surface area contributed by atoms with Crippen molar-refractivity contribution >= 4 is 33.1 Å². The summed E-state index contributed by atoms with van der Waals surface area (Å²) in [6, 6.07) is 5.12. The highest BCUT2D eigenvalue weighted by atomic mass is 32.1.